The fraction of sp³-hybridized carbons (Fsp3) is 0.250. The predicted molar refractivity (Wildman–Crippen MR) is 102 cm³/mol. The van der Waals surface area contributed by atoms with E-state index in [1.807, 2.05) is 30.3 Å². The van der Waals surface area contributed by atoms with Crippen LogP contribution in [0.3, 0.4) is 0 Å². The van der Waals surface area contributed by atoms with Gasteiger partial charge in [0.2, 0.25) is 17.6 Å². The summed E-state index contributed by atoms with van der Waals surface area (Å²) in [5.41, 5.74) is 1.65. The van der Waals surface area contributed by atoms with E-state index in [1.54, 1.807) is 24.3 Å². The van der Waals surface area contributed by atoms with E-state index in [0.29, 0.717) is 36.0 Å². The number of nitrogens with one attached hydrogen (secondary N) is 1. The molecule has 0 saturated heterocycles. The predicted octanol–water partition coefficient (Wildman–Crippen LogP) is 3.91. The molecule has 0 aliphatic rings. The molecule has 1 unspecified atom stereocenters. The van der Waals surface area contributed by atoms with Crippen LogP contribution in [0.15, 0.2) is 59.1 Å². The van der Waals surface area contributed by atoms with Crippen LogP contribution in [-0.2, 0) is 11.3 Å². The highest BCUT2D eigenvalue weighted by Gasteiger charge is 2.11. The Kier molecular flexibility index (Phi) is 6.57. The number of amides is 1. The van der Waals surface area contributed by atoms with Crippen molar-refractivity contribution in [1.82, 2.24) is 15.5 Å². The molecule has 27 heavy (non-hydrogen) atoms. The van der Waals surface area contributed by atoms with Gasteiger partial charge in [-0.3, -0.25) is 4.79 Å². The van der Waals surface area contributed by atoms with Crippen molar-refractivity contribution in [2.75, 3.05) is 0 Å². The maximum Gasteiger partial charge on any atom is 0.246 e. The number of carbonyl (C=O) groups is 1. The molecule has 0 aliphatic carbocycles. The highest BCUT2D eigenvalue weighted by Crippen LogP contribution is 2.19. The molecule has 2 aromatic carbocycles. The van der Waals surface area contributed by atoms with Crippen LogP contribution in [0.2, 0.25) is 5.02 Å². The summed E-state index contributed by atoms with van der Waals surface area (Å²) in [6.45, 7) is 0.167. The molecular weight excluding hydrogens is 366 g/mol. The fourth-order valence-electron chi connectivity index (χ4n) is 2.60. The van der Waals surface area contributed by atoms with E-state index in [9.17, 15) is 9.90 Å². The lowest BCUT2D eigenvalue weighted by atomic mass is 10.0. The zero-order valence-corrected chi connectivity index (χ0v) is 15.4. The lowest BCUT2D eigenvalue weighted by Crippen LogP contribution is -2.22. The largest absolute Gasteiger partial charge is 0.388 e. The van der Waals surface area contributed by atoms with Crippen molar-refractivity contribution < 1.29 is 14.4 Å². The fourth-order valence-corrected chi connectivity index (χ4v) is 2.73. The Bertz CT molecular complexity index is 866. The van der Waals surface area contributed by atoms with Gasteiger partial charge in [0.05, 0.1) is 12.6 Å². The van der Waals surface area contributed by atoms with Crippen LogP contribution in [-0.4, -0.2) is 21.2 Å². The summed E-state index contributed by atoms with van der Waals surface area (Å²) < 4.78 is 5.15. The number of nitrogens with zero attached hydrogens (tertiary/aromatic N) is 2. The van der Waals surface area contributed by atoms with Gasteiger partial charge in [-0.25, -0.2) is 0 Å². The number of carbonyl (C=O) groups excluding carboxylic acids is 1. The van der Waals surface area contributed by atoms with Gasteiger partial charge in [-0.05, 0) is 42.7 Å². The maximum absolute atomic E-state index is 12.0. The molecule has 1 heterocycles. The molecule has 6 nitrogen and oxygen atoms in total. The molecule has 0 bridgehead atoms. The minimum atomic E-state index is -0.558. The molecule has 0 radical (unpaired) electrons. The summed E-state index contributed by atoms with van der Waals surface area (Å²) in [6, 6.07) is 16.5. The molecule has 0 spiro atoms. The number of aliphatic hydroxyl groups is 1. The summed E-state index contributed by atoms with van der Waals surface area (Å²) >= 11 is 5.86. The summed E-state index contributed by atoms with van der Waals surface area (Å²) in [5.74, 6) is 0.654. The SMILES string of the molecule is O=C(CCCC(O)c1ccccc1)NCc1nc(-c2ccc(Cl)cc2)no1. The Labute approximate surface area is 162 Å². The molecule has 140 valence electrons. The standard InChI is InChI=1S/C20H20ClN3O3/c21-16-11-9-15(10-12-16)20-23-19(27-24-20)13-22-18(26)8-4-7-17(25)14-5-2-1-3-6-14/h1-3,5-6,9-12,17,25H,4,7-8,13H2,(H,22,26). The number of hydrogen-bond acceptors (Lipinski definition) is 5. The molecule has 0 aliphatic heterocycles. The van der Waals surface area contributed by atoms with Crippen molar-refractivity contribution >= 4 is 17.5 Å². The first kappa shape index (κ1) is 19.1. The first-order chi connectivity index (χ1) is 13.1. The molecule has 0 fully saturated rings. The molecular formula is C20H20ClN3O3. The van der Waals surface area contributed by atoms with E-state index in [-0.39, 0.29) is 12.5 Å². The third kappa shape index (κ3) is 5.64. The Hall–Kier alpha value is -2.70. The molecule has 1 atom stereocenters. The summed E-state index contributed by atoms with van der Waals surface area (Å²) in [6.07, 6.45) is 0.875. The smallest absolute Gasteiger partial charge is 0.246 e. The zero-order valence-electron chi connectivity index (χ0n) is 14.6. The van der Waals surface area contributed by atoms with Crippen molar-refractivity contribution in [3.05, 3.63) is 71.1 Å². The Balaban J connectivity index is 1.41. The quantitative estimate of drug-likeness (QED) is 0.613. The number of benzene rings is 2. The molecule has 7 heteroatoms. The van der Waals surface area contributed by atoms with E-state index < -0.39 is 6.10 Å². The van der Waals surface area contributed by atoms with Crippen LogP contribution in [0.25, 0.3) is 11.4 Å². The Morgan fingerprint density at radius 3 is 2.63 bits per heavy atom. The third-order valence-corrected chi connectivity index (χ3v) is 4.33. The number of hydrogen-bond donors (Lipinski definition) is 2. The van der Waals surface area contributed by atoms with E-state index in [1.165, 1.54) is 0 Å². The number of aliphatic hydroxyl groups excluding tert-OH is 1. The average molecular weight is 386 g/mol. The number of halogens is 1. The lowest BCUT2D eigenvalue weighted by molar-refractivity contribution is -0.121. The minimum Gasteiger partial charge on any atom is -0.388 e. The average Bonchev–Trinajstić information content (AvgIpc) is 3.16. The molecule has 2 N–H and O–H groups in total. The van der Waals surface area contributed by atoms with E-state index in [4.69, 9.17) is 16.1 Å². The van der Waals surface area contributed by atoms with Gasteiger partial charge in [0.15, 0.2) is 0 Å². The van der Waals surface area contributed by atoms with E-state index in [0.717, 1.165) is 11.1 Å². The first-order valence-corrected chi connectivity index (χ1v) is 9.08. The van der Waals surface area contributed by atoms with E-state index in [2.05, 4.69) is 15.5 Å². The normalized spacial score (nSPS) is 11.9. The van der Waals surface area contributed by atoms with Gasteiger partial charge < -0.3 is 14.9 Å². The number of aromatic nitrogens is 2. The van der Waals surface area contributed by atoms with Crippen LogP contribution >= 0.6 is 11.6 Å². The second-order valence-corrected chi connectivity index (χ2v) is 6.55. The van der Waals surface area contributed by atoms with Crippen molar-refractivity contribution in [1.29, 1.82) is 0 Å². The molecule has 1 aromatic heterocycles. The van der Waals surface area contributed by atoms with Crippen LogP contribution in [0.5, 0.6) is 0 Å². The Morgan fingerprint density at radius 1 is 1.15 bits per heavy atom. The highest BCUT2D eigenvalue weighted by molar-refractivity contribution is 6.30. The van der Waals surface area contributed by atoms with Crippen LogP contribution in [0.4, 0.5) is 0 Å². The van der Waals surface area contributed by atoms with Crippen molar-refractivity contribution in [2.45, 2.75) is 31.9 Å². The molecule has 3 rings (SSSR count). The molecule has 0 saturated carbocycles. The van der Waals surface area contributed by atoms with Crippen LogP contribution < -0.4 is 5.32 Å². The zero-order chi connectivity index (χ0) is 19.1. The second-order valence-electron chi connectivity index (χ2n) is 6.11. The Morgan fingerprint density at radius 2 is 1.89 bits per heavy atom. The van der Waals surface area contributed by atoms with Gasteiger partial charge >= 0.3 is 0 Å². The van der Waals surface area contributed by atoms with Crippen molar-refractivity contribution in [3.8, 4) is 11.4 Å². The second kappa shape index (κ2) is 9.30. The maximum atomic E-state index is 12.0. The van der Waals surface area contributed by atoms with Crippen molar-refractivity contribution in [3.63, 3.8) is 0 Å². The van der Waals surface area contributed by atoms with Gasteiger partial charge in [-0.1, -0.05) is 47.1 Å². The van der Waals surface area contributed by atoms with Gasteiger partial charge in [-0.2, -0.15) is 4.98 Å². The lowest BCUT2D eigenvalue weighted by Gasteiger charge is -2.10. The monoisotopic (exact) mass is 385 g/mol. The summed E-state index contributed by atoms with van der Waals surface area (Å²) in [4.78, 5) is 16.2. The first-order valence-electron chi connectivity index (χ1n) is 8.70. The topological polar surface area (TPSA) is 88.2 Å². The number of rotatable bonds is 8. The highest BCUT2D eigenvalue weighted by atomic mass is 35.5. The van der Waals surface area contributed by atoms with Gasteiger partial charge in [0, 0.05) is 17.0 Å². The third-order valence-electron chi connectivity index (χ3n) is 4.07. The van der Waals surface area contributed by atoms with Gasteiger partial charge in [-0.15, -0.1) is 0 Å². The summed E-state index contributed by atoms with van der Waals surface area (Å²) in [5, 5.41) is 17.4. The van der Waals surface area contributed by atoms with Gasteiger partial charge in [0.1, 0.15) is 0 Å². The van der Waals surface area contributed by atoms with Crippen molar-refractivity contribution in [2.24, 2.45) is 0 Å². The van der Waals surface area contributed by atoms with Crippen LogP contribution in [0.1, 0.15) is 36.8 Å². The van der Waals surface area contributed by atoms with Gasteiger partial charge in [0.25, 0.3) is 0 Å². The van der Waals surface area contributed by atoms with E-state index >= 15 is 0 Å². The molecule has 3 aromatic rings. The van der Waals surface area contributed by atoms with Crippen LogP contribution in [0, 0.1) is 0 Å². The summed E-state index contributed by atoms with van der Waals surface area (Å²) in [7, 11) is 0. The molecule has 1 amide bonds. The minimum absolute atomic E-state index is 0.124.